The Labute approximate surface area is 168 Å². The molecule has 0 radical (unpaired) electrons. The molecule has 144 valence electrons. The van der Waals surface area contributed by atoms with Crippen molar-refractivity contribution in [2.24, 2.45) is 7.05 Å². The van der Waals surface area contributed by atoms with Crippen LogP contribution in [0.25, 0.3) is 21.3 Å². The Bertz CT molecular complexity index is 1200. The van der Waals surface area contributed by atoms with Gasteiger partial charge in [0.1, 0.15) is 5.75 Å². The molecule has 0 saturated heterocycles. The topological polar surface area (TPSA) is 81.9 Å². The summed E-state index contributed by atoms with van der Waals surface area (Å²) in [4.78, 5) is 11.0. The number of fused-ring (bicyclic) bond motifs is 1. The highest BCUT2D eigenvalue weighted by atomic mass is 32.2. The van der Waals surface area contributed by atoms with Gasteiger partial charge in [-0.25, -0.2) is 9.97 Å². The highest BCUT2D eigenvalue weighted by molar-refractivity contribution is 7.84. The first-order valence-electron chi connectivity index (χ1n) is 8.50. The highest BCUT2D eigenvalue weighted by Crippen LogP contribution is 2.42. The van der Waals surface area contributed by atoms with E-state index in [1.807, 2.05) is 37.6 Å². The molecule has 1 atom stereocenters. The number of aryl methyl sites for hydroxylation is 2. The number of nitrogens with one attached hydrogen (secondary N) is 1. The second-order valence-corrected chi connectivity index (χ2v) is 8.92. The number of hydrogen-bond donors (Lipinski definition) is 1. The minimum absolute atomic E-state index is 0.504. The van der Waals surface area contributed by atoms with Crippen molar-refractivity contribution >= 4 is 44.0 Å². The summed E-state index contributed by atoms with van der Waals surface area (Å²) in [5.74, 6) is 1.18. The van der Waals surface area contributed by atoms with Gasteiger partial charge in [0, 0.05) is 51.2 Å². The normalized spacial score (nSPS) is 12.3. The average Bonchev–Trinajstić information content (AvgIpc) is 3.22. The highest BCUT2D eigenvalue weighted by Gasteiger charge is 2.18. The quantitative estimate of drug-likeness (QED) is 0.535. The van der Waals surface area contributed by atoms with Gasteiger partial charge in [-0.15, -0.1) is 11.3 Å². The second-order valence-electron chi connectivity index (χ2n) is 6.28. The lowest BCUT2D eigenvalue weighted by atomic mass is 10.0. The Morgan fingerprint density at radius 1 is 1.29 bits per heavy atom. The van der Waals surface area contributed by atoms with E-state index in [2.05, 4.69) is 22.3 Å². The third kappa shape index (κ3) is 3.38. The molecule has 0 aliphatic rings. The van der Waals surface area contributed by atoms with Crippen molar-refractivity contribution in [3.63, 3.8) is 0 Å². The van der Waals surface area contributed by atoms with Crippen LogP contribution in [0.5, 0.6) is 5.75 Å². The van der Waals surface area contributed by atoms with Crippen LogP contribution in [0.1, 0.15) is 4.88 Å². The van der Waals surface area contributed by atoms with Gasteiger partial charge in [0.15, 0.2) is 0 Å². The van der Waals surface area contributed by atoms with Gasteiger partial charge in [-0.3, -0.25) is 8.89 Å². The van der Waals surface area contributed by atoms with E-state index in [4.69, 9.17) is 9.72 Å². The van der Waals surface area contributed by atoms with Gasteiger partial charge in [-0.05, 0) is 25.1 Å². The predicted octanol–water partition coefficient (Wildman–Crippen LogP) is 3.89. The fourth-order valence-electron chi connectivity index (χ4n) is 3.06. The van der Waals surface area contributed by atoms with Gasteiger partial charge in [0.25, 0.3) is 0 Å². The Morgan fingerprint density at radius 2 is 2.11 bits per heavy atom. The zero-order chi connectivity index (χ0) is 19.8. The molecule has 1 N–H and O–H groups in total. The van der Waals surface area contributed by atoms with Crippen molar-refractivity contribution in [1.82, 2.24) is 19.7 Å². The number of methoxy groups -OCH3 is 1. The van der Waals surface area contributed by atoms with E-state index in [0.29, 0.717) is 11.7 Å². The first-order valence-corrected chi connectivity index (χ1v) is 10.9. The van der Waals surface area contributed by atoms with Crippen molar-refractivity contribution in [3.05, 3.63) is 41.7 Å². The number of aromatic nitrogens is 4. The Balaban J connectivity index is 1.83. The van der Waals surface area contributed by atoms with Crippen molar-refractivity contribution < 1.29 is 8.95 Å². The van der Waals surface area contributed by atoms with Crippen LogP contribution >= 0.6 is 11.3 Å². The minimum Gasteiger partial charge on any atom is -0.496 e. The van der Waals surface area contributed by atoms with Crippen LogP contribution in [-0.4, -0.2) is 37.3 Å². The molecule has 4 rings (SSSR count). The van der Waals surface area contributed by atoms with Gasteiger partial charge in [-0.2, -0.15) is 5.10 Å². The number of benzene rings is 1. The lowest BCUT2D eigenvalue weighted by Gasteiger charge is -2.10. The number of thiophene rings is 1. The maximum Gasteiger partial charge on any atom is 0.227 e. The molecule has 7 nitrogen and oxygen atoms in total. The van der Waals surface area contributed by atoms with Crippen molar-refractivity contribution in [3.8, 4) is 16.9 Å². The fraction of sp³-hybridized carbons (Fsp3) is 0.211. The molecular formula is C19H19N5O2S2. The largest absolute Gasteiger partial charge is 0.496 e. The molecule has 1 unspecified atom stereocenters. The van der Waals surface area contributed by atoms with Crippen molar-refractivity contribution in [2.75, 3.05) is 18.7 Å². The van der Waals surface area contributed by atoms with Crippen LogP contribution in [0.15, 0.2) is 41.7 Å². The summed E-state index contributed by atoms with van der Waals surface area (Å²) in [5.41, 5.74) is 3.60. The lowest BCUT2D eigenvalue weighted by molar-refractivity contribution is 0.415. The standard InChI is InChI=1S/C19H19N5O2S2/c1-11-17(14-6-5-13(28(4)25)7-15(14)26-3)18-16(27-11)9-20-19(23-18)22-12-8-21-24(2)10-12/h5-10H,1-4H3,(H,20,22,23). The van der Waals surface area contributed by atoms with E-state index in [1.54, 1.807) is 35.6 Å². The maximum absolute atomic E-state index is 11.8. The summed E-state index contributed by atoms with van der Waals surface area (Å²) in [6.07, 6.45) is 7.06. The zero-order valence-electron chi connectivity index (χ0n) is 15.9. The van der Waals surface area contributed by atoms with E-state index < -0.39 is 10.8 Å². The summed E-state index contributed by atoms with van der Waals surface area (Å²) in [6.45, 7) is 2.06. The van der Waals surface area contributed by atoms with E-state index in [0.717, 1.165) is 36.8 Å². The zero-order valence-corrected chi connectivity index (χ0v) is 17.5. The van der Waals surface area contributed by atoms with Gasteiger partial charge in [0.2, 0.25) is 5.95 Å². The summed E-state index contributed by atoms with van der Waals surface area (Å²) in [5, 5.41) is 7.33. The summed E-state index contributed by atoms with van der Waals surface area (Å²) in [7, 11) is 2.40. The molecule has 0 spiro atoms. The fourth-order valence-corrected chi connectivity index (χ4v) is 4.58. The Kier molecular flexibility index (Phi) is 4.86. The number of hydrogen-bond acceptors (Lipinski definition) is 7. The van der Waals surface area contributed by atoms with E-state index in [9.17, 15) is 4.21 Å². The summed E-state index contributed by atoms with van der Waals surface area (Å²) < 4.78 is 20.1. The number of rotatable bonds is 5. The van der Waals surface area contributed by atoms with E-state index in [-0.39, 0.29) is 0 Å². The van der Waals surface area contributed by atoms with Crippen LogP contribution in [0.2, 0.25) is 0 Å². The van der Waals surface area contributed by atoms with Crippen LogP contribution in [0.3, 0.4) is 0 Å². The van der Waals surface area contributed by atoms with Crippen LogP contribution in [0, 0.1) is 6.92 Å². The Hall–Kier alpha value is -2.78. The SMILES string of the molecule is COc1cc(S(C)=O)ccc1-c1c(C)sc2cnc(Nc3cnn(C)c3)nc12. The smallest absolute Gasteiger partial charge is 0.227 e. The molecule has 3 aromatic heterocycles. The van der Waals surface area contributed by atoms with Crippen LogP contribution < -0.4 is 10.1 Å². The minimum atomic E-state index is -1.07. The van der Waals surface area contributed by atoms with Crippen molar-refractivity contribution in [1.29, 1.82) is 0 Å². The third-order valence-electron chi connectivity index (χ3n) is 4.34. The molecule has 4 aromatic rings. The molecule has 0 saturated carbocycles. The van der Waals surface area contributed by atoms with Gasteiger partial charge < -0.3 is 10.1 Å². The van der Waals surface area contributed by atoms with Crippen LogP contribution in [0.4, 0.5) is 11.6 Å². The second kappa shape index (κ2) is 7.33. The molecule has 3 heterocycles. The van der Waals surface area contributed by atoms with Crippen LogP contribution in [-0.2, 0) is 17.8 Å². The summed E-state index contributed by atoms with van der Waals surface area (Å²) >= 11 is 1.64. The Morgan fingerprint density at radius 3 is 2.79 bits per heavy atom. The first-order chi connectivity index (χ1) is 13.5. The number of anilines is 2. The average molecular weight is 414 g/mol. The molecule has 9 heteroatoms. The molecule has 0 aliphatic heterocycles. The number of ether oxygens (including phenoxy) is 1. The third-order valence-corrected chi connectivity index (χ3v) is 6.29. The summed E-state index contributed by atoms with van der Waals surface area (Å²) in [6, 6.07) is 5.64. The van der Waals surface area contributed by atoms with E-state index in [1.165, 1.54) is 0 Å². The monoisotopic (exact) mass is 413 g/mol. The van der Waals surface area contributed by atoms with Gasteiger partial charge in [0.05, 0.1) is 35.4 Å². The van der Waals surface area contributed by atoms with Crippen molar-refractivity contribution in [2.45, 2.75) is 11.8 Å². The van der Waals surface area contributed by atoms with Gasteiger partial charge >= 0.3 is 0 Å². The first kappa shape index (κ1) is 18.6. The molecule has 0 amide bonds. The lowest BCUT2D eigenvalue weighted by Crippen LogP contribution is -1.97. The molecule has 28 heavy (non-hydrogen) atoms. The molecular weight excluding hydrogens is 394 g/mol. The molecule has 0 aliphatic carbocycles. The predicted molar refractivity (Wildman–Crippen MR) is 113 cm³/mol. The number of nitrogens with zero attached hydrogens (tertiary/aromatic N) is 4. The maximum atomic E-state index is 11.8. The van der Waals surface area contributed by atoms with E-state index >= 15 is 0 Å². The molecule has 0 fully saturated rings. The molecule has 0 bridgehead atoms. The molecule has 1 aromatic carbocycles. The van der Waals surface area contributed by atoms with Gasteiger partial charge in [-0.1, -0.05) is 0 Å².